The third-order valence-corrected chi connectivity index (χ3v) is 4.01. The molecule has 122 valence electrons. The van der Waals surface area contributed by atoms with Gasteiger partial charge in [0.25, 0.3) is 0 Å². The summed E-state index contributed by atoms with van der Waals surface area (Å²) in [4.78, 5) is 12.2. The van der Waals surface area contributed by atoms with Crippen molar-refractivity contribution in [1.82, 2.24) is 10.6 Å². The molecule has 1 unspecified atom stereocenters. The molecule has 1 aromatic rings. The zero-order valence-electron chi connectivity index (χ0n) is 13.4. The maximum atomic E-state index is 12.2. The lowest BCUT2D eigenvalue weighted by atomic mass is 9.90. The Balaban J connectivity index is 1.94. The molecule has 0 radical (unpaired) electrons. The monoisotopic (exact) mass is 306 g/mol. The van der Waals surface area contributed by atoms with Crippen LogP contribution in [0.3, 0.4) is 0 Å². The molecule has 0 saturated heterocycles. The Labute approximate surface area is 132 Å². The number of ether oxygens (including phenoxy) is 1. The smallest absolute Gasteiger partial charge is 0.315 e. The van der Waals surface area contributed by atoms with E-state index in [1.807, 2.05) is 38.1 Å². The van der Waals surface area contributed by atoms with Gasteiger partial charge in [-0.1, -0.05) is 32.0 Å². The van der Waals surface area contributed by atoms with Crippen molar-refractivity contribution in [3.05, 3.63) is 29.8 Å². The summed E-state index contributed by atoms with van der Waals surface area (Å²) in [6.07, 6.45) is 2.44. The topological polar surface area (TPSA) is 70.6 Å². The number of rotatable bonds is 5. The summed E-state index contributed by atoms with van der Waals surface area (Å²) in [5.41, 5.74) is 0.918. The Morgan fingerprint density at radius 1 is 1.41 bits per heavy atom. The van der Waals surface area contributed by atoms with Crippen molar-refractivity contribution in [1.29, 1.82) is 0 Å². The van der Waals surface area contributed by atoms with Crippen molar-refractivity contribution in [2.45, 2.75) is 39.2 Å². The number of aliphatic hydroxyl groups excluding tert-OH is 1. The highest BCUT2D eigenvalue weighted by molar-refractivity contribution is 5.74. The number of carbonyl (C=O) groups excluding carboxylic acids is 1. The molecule has 0 saturated carbocycles. The number of hydrogen-bond acceptors (Lipinski definition) is 3. The second kappa shape index (κ2) is 7.49. The summed E-state index contributed by atoms with van der Waals surface area (Å²) < 4.78 is 5.71. The second-order valence-electron chi connectivity index (χ2n) is 6.55. The highest BCUT2D eigenvalue weighted by Gasteiger charge is 2.22. The van der Waals surface area contributed by atoms with Crippen LogP contribution in [0.4, 0.5) is 4.79 Å². The molecule has 5 nitrogen and oxygen atoms in total. The Morgan fingerprint density at radius 3 is 2.95 bits per heavy atom. The zero-order valence-corrected chi connectivity index (χ0v) is 13.4. The number of aliphatic hydroxyl groups is 1. The summed E-state index contributed by atoms with van der Waals surface area (Å²) in [6, 6.07) is 7.65. The SMILES string of the molecule is CC(C)(CCO)CNC(=O)NC1CCCOc2ccccc21. The normalized spacial score (nSPS) is 17.9. The second-order valence-corrected chi connectivity index (χ2v) is 6.55. The predicted molar refractivity (Wildman–Crippen MR) is 85.9 cm³/mol. The van der Waals surface area contributed by atoms with Crippen LogP contribution in [0.5, 0.6) is 5.75 Å². The third-order valence-electron chi connectivity index (χ3n) is 4.01. The minimum Gasteiger partial charge on any atom is -0.493 e. The first-order valence-electron chi connectivity index (χ1n) is 7.89. The molecule has 5 heteroatoms. The molecule has 3 N–H and O–H groups in total. The highest BCUT2D eigenvalue weighted by atomic mass is 16.5. The molecule has 2 amide bonds. The summed E-state index contributed by atoms with van der Waals surface area (Å²) in [5.74, 6) is 0.853. The quantitative estimate of drug-likeness (QED) is 0.783. The molecule has 0 spiro atoms. The first-order valence-corrected chi connectivity index (χ1v) is 7.89. The van der Waals surface area contributed by atoms with Gasteiger partial charge in [0.2, 0.25) is 0 Å². The van der Waals surface area contributed by atoms with Gasteiger partial charge in [-0.3, -0.25) is 0 Å². The van der Waals surface area contributed by atoms with Crippen molar-refractivity contribution in [2.75, 3.05) is 19.8 Å². The maximum Gasteiger partial charge on any atom is 0.315 e. The molecule has 0 fully saturated rings. The number of carbonyl (C=O) groups is 1. The third kappa shape index (κ3) is 4.63. The largest absolute Gasteiger partial charge is 0.493 e. The van der Waals surface area contributed by atoms with Crippen LogP contribution in [0.25, 0.3) is 0 Å². The minimum atomic E-state index is -0.173. The number of urea groups is 1. The first-order chi connectivity index (χ1) is 10.5. The molecule has 1 atom stereocenters. The van der Waals surface area contributed by atoms with Gasteiger partial charge < -0.3 is 20.5 Å². The van der Waals surface area contributed by atoms with E-state index < -0.39 is 0 Å². The van der Waals surface area contributed by atoms with Gasteiger partial charge in [-0.05, 0) is 30.7 Å². The van der Waals surface area contributed by atoms with Crippen LogP contribution in [0.2, 0.25) is 0 Å². The van der Waals surface area contributed by atoms with Crippen LogP contribution in [0.1, 0.15) is 44.7 Å². The molecule has 0 aromatic heterocycles. The number of benzene rings is 1. The number of amides is 2. The van der Waals surface area contributed by atoms with Crippen LogP contribution in [-0.4, -0.2) is 30.9 Å². The van der Waals surface area contributed by atoms with E-state index in [1.54, 1.807) is 0 Å². The Bertz CT molecular complexity index is 502. The van der Waals surface area contributed by atoms with E-state index in [0.29, 0.717) is 19.6 Å². The van der Waals surface area contributed by atoms with Crippen LogP contribution < -0.4 is 15.4 Å². The summed E-state index contributed by atoms with van der Waals surface area (Å²) in [7, 11) is 0. The standard InChI is InChI=1S/C17H26N2O3/c1-17(2,9-10-20)12-18-16(21)19-14-7-5-11-22-15-8-4-3-6-13(14)15/h3-4,6,8,14,20H,5,7,9-12H2,1-2H3,(H2,18,19,21). The fourth-order valence-corrected chi connectivity index (χ4v) is 2.59. The van der Waals surface area contributed by atoms with Gasteiger partial charge in [0.05, 0.1) is 12.6 Å². The number of hydrogen-bond donors (Lipinski definition) is 3. The van der Waals surface area contributed by atoms with E-state index in [1.165, 1.54) is 0 Å². The van der Waals surface area contributed by atoms with Crippen molar-refractivity contribution in [2.24, 2.45) is 5.41 Å². The van der Waals surface area contributed by atoms with Crippen molar-refractivity contribution in [3.8, 4) is 5.75 Å². The molecule has 0 bridgehead atoms. The molecule has 22 heavy (non-hydrogen) atoms. The van der Waals surface area contributed by atoms with Crippen LogP contribution in [0.15, 0.2) is 24.3 Å². The van der Waals surface area contributed by atoms with Crippen molar-refractivity contribution < 1.29 is 14.6 Å². The Kier molecular flexibility index (Phi) is 5.66. The van der Waals surface area contributed by atoms with Crippen LogP contribution in [0, 0.1) is 5.41 Å². The molecular formula is C17H26N2O3. The van der Waals surface area contributed by atoms with Crippen LogP contribution in [-0.2, 0) is 0 Å². The molecular weight excluding hydrogens is 280 g/mol. The highest BCUT2D eigenvalue weighted by Crippen LogP contribution is 2.31. The van der Waals surface area contributed by atoms with E-state index in [0.717, 1.165) is 24.2 Å². The van der Waals surface area contributed by atoms with E-state index >= 15 is 0 Å². The zero-order chi connectivity index (χ0) is 16.0. The van der Waals surface area contributed by atoms with E-state index in [4.69, 9.17) is 9.84 Å². The molecule has 1 aliphatic rings. The lowest BCUT2D eigenvalue weighted by Gasteiger charge is -2.25. The minimum absolute atomic E-state index is 0.0281. The van der Waals surface area contributed by atoms with Gasteiger partial charge in [-0.2, -0.15) is 0 Å². The summed E-state index contributed by atoms with van der Waals surface area (Å²) >= 11 is 0. The van der Waals surface area contributed by atoms with Gasteiger partial charge in [-0.25, -0.2) is 4.79 Å². The molecule has 2 rings (SSSR count). The number of fused-ring (bicyclic) bond motifs is 1. The first kappa shape index (κ1) is 16.6. The van der Waals surface area contributed by atoms with E-state index in [2.05, 4.69) is 10.6 Å². The van der Waals surface area contributed by atoms with Crippen molar-refractivity contribution in [3.63, 3.8) is 0 Å². The fourth-order valence-electron chi connectivity index (χ4n) is 2.59. The predicted octanol–water partition coefficient (Wildman–Crippen LogP) is 2.61. The Hall–Kier alpha value is -1.75. The van der Waals surface area contributed by atoms with Gasteiger partial charge in [0, 0.05) is 18.7 Å². The number of nitrogens with one attached hydrogen (secondary N) is 2. The molecule has 1 heterocycles. The van der Waals surface area contributed by atoms with E-state index in [9.17, 15) is 4.79 Å². The summed E-state index contributed by atoms with van der Waals surface area (Å²) in [5, 5.41) is 15.0. The molecule has 1 aromatic carbocycles. The van der Waals surface area contributed by atoms with E-state index in [-0.39, 0.29) is 24.1 Å². The van der Waals surface area contributed by atoms with Gasteiger partial charge in [-0.15, -0.1) is 0 Å². The van der Waals surface area contributed by atoms with Crippen molar-refractivity contribution >= 4 is 6.03 Å². The molecule has 1 aliphatic heterocycles. The average molecular weight is 306 g/mol. The van der Waals surface area contributed by atoms with Crippen LogP contribution >= 0.6 is 0 Å². The van der Waals surface area contributed by atoms with Gasteiger partial charge in [0.15, 0.2) is 0 Å². The maximum absolute atomic E-state index is 12.2. The Morgan fingerprint density at radius 2 is 2.18 bits per heavy atom. The fraction of sp³-hybridized carbons (Fsp3) is 0.588. The van der Waals surface area contributed by atoms with Gasteiger partial charge in [0.1, 0.15) is 5.75 Å². The lowest BCUT2D eigenvalue weighted by molar-refractivity contribution is 0.200. The van der Waals surface area contributed by atoms with Gasteiger partial charge >= 0.3 is 6.03 Å². The number of para-hydroxylation sites is 1. The average Bonchev–Trinajstić information content (AvgIpc) is 2.68. The molecule has 0 aliphatic carbocycles. The summed E-state index contributed by atoms with van der Waals surface area (Å²) in [6.45, 7) is 5.39. The lowest BCUT2D eigenvalue weighted by Crippen LogP contribution is -2.42.